The molecular weight excluding hydrogens is 412 g/mol. The minimum Gasteiger partial charge on any atom is -0.379 e. The molecule has 2 heterocycles. The van der Waals surface area contributed by atoms with Crippen LogP contribution in [0.1, 0.15) is 21.3 Å². The van der Waals surface area contributed by atoms with Gasteiger partial charge in [-0.2, -0.15) is 0 Å². The lowest BCUT2D eigenvalue weighted by atomic mass is 10.0. The number of rotatable bonds is 5. The maximum absolute atomic E-state index is 12.4. The summed E-state index contributed by atoms with van der Waals surface area (Å²) in [5, 5.41) is 3.77. The van der Waals surface area contributed by atoms with E-state index in [2.05, 4.69) is 26.1 Å². The normalized spacial score (nSPS) is 16.8. The van der Waals surface area contributed by atoms with Gasteiger partial charge in [-0.3, -0.25) is 9.69 Å². The molecule has 1 amide bonds. The van der Waals surface area contributed by atoms with Crippen molar-refractivity contribution in [2.24, 2.45) is 0 Å². The van der Waals surface area contributed by atoms with Gasteiger partial charge in [-0.15, -0.1) is 11.3 Å². The predicted molar refractivity (Wildman–Crippen MR) is 101 cm³/mol. The zero-order valence-electron chi connectivity index (χ0n) is 13.0. The molecule has 1 saturated heterocycles. The van der Waals surface area contributed by atoms with Gasteiger partial charge in [0.15, 0.2) is 0 Å². The number of hydrogen-bond donors (Lipinski definition) is 1. The van der Waals surface area contributed by atoms with Gasteiger partial charge in [0.2, 0.25) is 0 Å². The molecule has 2 aromatic rings. The molecule has 1 aromatic heterocycles. The molecule has 0 bridgehead atoms. The number of morpholine rings is 1. The monoisotopic (exact) mass is 428 g/mol. The van der Waals surface area contributed by atoms with Gasteiger partial charge in [0, 0.05) is 24.7 Å². The molecule has 0 spiro atoms. The highest BCUT2D eigenvalue weighted by Crippen LogP contribution is 2.28. The van der Waals surface area contributed by atoms with Crippen LogP contribution in [0.2, 0.25) is 5.02 Å². The fourth-order valence-corrected chi connectivity index (χ4v) is 4.35. The summed E-state index contributed by atoms with van der Waals surface area (Å²) >= 11 is 11.2. The van der Waals surface area contributed by atoms with Crippen molar-refractivity contribution in [3.05, 3.63) is 55.6 Å². The Morgan fingerprint density at radius 1 is 1.29 bits per heavy atom. The van der Waals surface area contributed by atoms with Crippen LogP contribution in [0.4, 0.5) is 0 Å². The van der Waals surface area contributed by atoms with Crippen molar-refractivity contribution in [1.29, 1.82) is 0 Å². The van der Waals surface area contributed by atoms with Crippen molar-refractivity contribution in [3.63, 3.8) is 0 Å². The minimum atomic E-state index is -0.0592. The van der Waals surface area contributed by atoms with Crippen molar-refractivity contribution in [2.45, 2.75) is 6.04 Å². The molecule has 1 N–H and O–H groups in total. The van der Waals surface area contributed by atoms with E-state index in [1.165, 1.54) is 11.3 Å². The standard InChI is InChI=1S/C17H18BrClN2O2S/c18-16-6-5-15(24-16)17(22)20-11-14(21-7-9-23-10-8-21)12-3-1-2-4-13(12)19/h1-6,14H,7-11H2,(H,20,22)/t14-/m1/s1. The number of thiophene rings is 1. The number of carbonyl (C=O) groups is 1. The topological polar surface area (TPSA) is 41.6 Å². The average Bonchev–Trinajstić information content (AvgIpc) is 3.04. The van der Waals surface area contributed by atoms with Crippen molar-refractivity contribution < 1.29 is 9.53 Å². The van der Waals surface area contributed by atoms with E-state index in [9.17, 15) is 4.79 Å². The lowest BCUT2D eigenvalue weighted by molar-refractivity contribution is 0.0162. The molecule has 24 heavy (non-hydrogen) atoms. The first-order valence-corrected chi connectivity index (χ1v) is 9.73. The zero-order valence-corrected chi connectivity index (χ0v) is 16.2. The first kappa shape index (κ1) is 17.9. The van der Waals surface area contributed by atoms with Crippen molar-refractivity contribution >= 4 is 44.8 Å². The Morgan fingerprint density at radius 3 is 2.71 bits per heavy atom. The van der Waals surface area contributed by atoms with E-state index in [1.807, 2.05) is 36.4 Å². The summed E-state index contributed by atoms with van der Waals surface area (Å²) in [6, 6.07) is 11.6. The molecule has 1 fully saturated rings. The highest BCUT2D eigenvalue weighted by atomic mass is 79.9. The molecule has 0 radical (unpaired) electrons. The fraction of sp³-hybridized carbons (Fsp3) is 0.353. The molecule has 0 unspecified atom stereocenters. The van der Waals surface area contributed by atoms with Gasteiger partial charge in [-0.05, 0) is 39.7 Å². The van der Waals surface area contributed by atoms with Crippen LogP contribution >= 0.6 is 38.9 Å². The summed E-state index contributed by atoms with van der Waals surface area (Å²) in [5.74, 6) is -0.0592. The van der Waals surface area contributed by atoms with Gasteiger partial charge in [-0.1, -0.05) is 29.8 Å². The molecule has 1 aliphatic rings. The number of ether oxygens (including phenoxy) is 1. The first-order valence-electron chi connectivity index (χ1n) is 7.75. The summed E-state index contributed by atoms with van der Waals surface area (Å²) in [6.45, 7) is 3.57. The third-order valence-electron chi connectivity index (χ3n) is 4.00. The summed E-state index contributed by atoms with van der Waals surface area (Å²) < 4.78 is 6.40. The summed E-state index contributed by atoms with van der Waals surface area (Å²) in [6.07, 6.45) is 0. The molecule has 3 rings (SSSR count). The molecule has 1 aliphatic heterocycles. The third-order valence-corrected chi connectivity index (χ3v) is 5.97. The van der Waals surface area contributed by atoms with Crippen LogP contribution in [0.25, 0.3) is 0 Å². The number of hydrogen-bond acceptors (Lipinski definition) is 4. The molecular formula is C17H18BrClN2O2S. The number of nitrogens with zero attached hydrogens (tertiary/aromatic N) is 1. The SMILES string of the molecule is O=C(NC[C@H](c1ccccc1Cl)N1CCOCC1)c1ccc(Br)s1. The molecule has 128 valence electrons. The van der Waals surface area contributed by atoms with Crippen LogP contribution in [0, 0.1) is 0 Å². The zero-order chi connectivity index (χ0) is 16.9. The largest absolute Gasteiger partial charge is 0.379 e. The van der Waals surface area contributed by atoms with Crippen LogP contribution in [0.5, 0.6) is 0 Å². The number of nitrogens with one attached hydrogen (secondary N) is 1. The van der Waals surface area contributed by atoms with Gasteiger partial charge < -0.3 is 10.1 Å². The number of amides is 1. The van der Waals surface area contributed by atoms with Crippen LogP contribution in [0.15, 0.2) is 40.2 Å². The highest BCUT2D eigenvalue weighted by Gasteiger charge is 2.25. The van der Waals surface area contributed by atoms with Crippen molar-refractivity contribution in [1.82, 2.24) is 10.2 Å². The highest BCUT2D eigenvalue weighted by molar-refractivity contribution is 9.11. The molecule has 7 heteroatoms. The smallest absolute Gasteiger partial charge is 0.261 e. The van der Waals surface area contributed by atoms with E-state index in [0.717, 1.165) is 27.5 Å². The number of benzene rings is 1. The van der Waals surface area contributed by atoms with E-state index in [-0.39, 0.29) is 11.9 Å². The maximum Gasteiger partial charge on any atom is 0.261 e. The Labute approximate surface area is 158 Å². The molecule has 0 aliphatic carbocycles. The summed E-state index contributed by atoms with van der Waals surface area (Å²) in [5.41, 5.74) is 1.04. The molecule has 0 saturated carbocycles. The first-order chi connectivity index (χ1) is 11.6. The Kier molecular flexibility index (Phi) is 6.30. The van der Waals surface area contributed by atoms with E-state index in [0.29, 0.717) is 24.6 Å². The quantitative estimate of drug-likeness (QED) is 0.782. The van der Waals surface area contributed by atoms with E-state index < -0.39 is 0 Å². The molecule has 1 aromatic carbocycles. The number of halogens is 2. The third kappa shape index (κ3) is 4.37. The van der Waals surface area contributed by atoms with Crippen LogP contribution in [-0.2, 0) is 4.74 Å². The average molecular weight is 430 g/mol. The number of carbonyl (C=O) groups excluding carboxylic acids is 1. The summed E-state index contributed by atoms with van der Waals surface area (Å²) in [7, 11) is 0. The van der Waals surface area contributed by atoms with Crippen LogP contribution in [-0.4, -0.2) is 43.7 Å². The van der Waals surface area contributed by atoms with E-state index in [1.54, 1.807) is 0 Å². The Balaban J connectivity index is 1.74. The van der Waals surface area contributed by atoms with Crippen molar-refractivity contribution in [2.75, 3.05) is 32.8 Å². The van der Waals surface area contributed by atoms with Crippen molar-refractivity contribution in [3.8, 4) is 0 Å². The van der Waals surface area contributed by atoms with E-state index >= 15 is 0 Å². The Bertz CT molecular complexity index is 703. The van der Waals surface area contributed by atoms with E-state index in [4.69, 9.17) is 16.3 Å². The van der Waals surface area contributed by atoms with Gasteiger partial charge in [-0.25, -0.2) is 0 Å². The van der Waals surface area contributed by atoms with Gasteiger partial charge in [0.25, 0.3) is 5.91 Å². The Morgan fingerprint density at radius 2 is 2.04 bits per heavy atom. The fourth-order valence-electron chi connectivity index (χ4n) is 2.78. The van der Waals surface area contributed by atoms with Crippen LogP contribution < -0.4 is 5.32 Å². The second-order valence-electron chi connectivity index (χ2n) is 5.50. The lowest BCUT2D eigenvalue weighted by Gasteiger charge is -2.35. The summed E-state index contributed by atoms with van der Waals surface area (Å²) in [4.78, 5) is 15.4. The predicted octanol–water partition coefficient (Wildman–Crippen LogP) is 3.97. The lowest BCUT2D eigenvalue weighted by Crippen LogP contribution is -2.43. The Hall–Kier alpha value is -0.920. The van der Waals surface area contributed by atoms with Gasteiger partial charge >= 0.3 is 0 Å². The van der Waals surface area contributed by atoms with Gasteiger partial charge in [0.05, 0.1) is 27.9 Å². The molecule has 1 atom stereocenters. The maximum atomic E-state index is 12.4. The second-order valence-corrected chi connectivity index (χ2v) is 8.37. The molecule has 4 nitrogen and oxygen atoms in total. The van der Waals surface area contributed by atoms with Gasteiger partial charge in [0.1, 0.15) is 0 Å². The second kappa shape index (κ2) is 8.45. The van der Waals surface area contributed by atoms with Crippen LogP contribution in [0.3, 0.4) is 0 Å². The minimum absolute atomic E-state index is 0.0370.